The zero-order valence-corrected chi connectivity index (χ0v) is 9.50. The summed E-state index contributed by atoms with van der Waals surface area (Å²) < 4.78 is 0. The molecule has 1 aliphatic heterocycles. The van der Waals surface area contributed by atoms with Gasteiger partial charge in [-0.15, -0.1) is 6.58 Å². The SMILES string of the molecule is C=CCN1CCN(C(C)(C)CN)CC1. The summed E-state index contributed by atoms with van der Waals surface area (Å²) in [7, 11) is 0. The van der Waals surface area contributed by atoms with Gasteiger partial charge in [-0.1, -0.05) is 6.08 Å². The number of nitrogens with two attached hydrogens (primary N) is 1. The summed E-state index contributed by atoms with van der Waals surface area (Å²) in [6, 6.07) is 0. The molecule has 1 rings (SSSR count). The fraction of sp³-hybridized carbons (Fsp3) is 0.818. The third-order valence-corrected chi connectivity index (χ3v) is 3.12. The molecule has 2 N–H and O–H groups in total. The summed E-state index contributed by atoms with van der Waals surface area (Å²) in [5, 5.41) is 0. The molecule has 0 atom stereocenters. The molecule has 0 unspecified atom stereocenters. The van der Waals surface area contributed by atoms with Crippen molar-refractivity contribution in [1.29, 1.82) is 0 Å². The fourth-order valence-electron chi connectivity index (χ4n) is 1.85. The Morgan fingerprint density at radius 3 is 2.29 bits per heavy atom. The maximum atomic E-state index is 5.76. The Bertz CT molecular complexity index is 181. The lowest BCUT2D eigenvalue weighted by Crippen LogP contribution is -2.57. The average Bonchev–Trinajstić information content (AvgIpc) is 2.19. The minimum atomic E-state index is 0.153. The van der Waals surface area contributed by atoms with E-state index in [1.807, 2.05) is 6.08 Å². The zero-order valence-electron chi connectivity index (χ0n) is 9.50. The summed E-state index contributed by atoms with van der Waals surface area (Å²) in [6.07, 6.45) is 1.98. The van der Waals surface area contributed by atoms with Crippen molar-refractivity contribution in [2.24, 2.45) is 5.73 Å². The van der Waals surface area contributed by atoms with Gasteiger partial charge in [0.25, 0.3) is 0 Å². The zero-order chi connectivity index (χ0) is 10.6. The van der Waals surface area contributed by atoms with E-state index in [4.69, 9.17) is 5.73 Å². The van der Waals surface area contributed by atoms with E-state index in [0.29, 0.717) is 0 Å². The van der Waals surface area contributed by atoms with Gasteiger partial charge in [0.1, 0.15) is 0 Å². The molecule has 1 saturated heterocycles. The third-order valence-electron chi connectivity index (χ3n) is 3.12. The number of nitrogens with zero attached hydrogens (tertiary/aromatic N) is 2. The number of piperazine rings is 1. The highest BCUT2D eigenvalue weighted by atomic mass is 15.3. The van der Waals surface area contributed by atoms with Crippen LogP contribution >= 0.6 is 0 Å². The molecule has 0 aromatic heterocycles. The third kappa shape index (κ3) is 2.80. The van der Waals surface area contributed by atoms with Crippen LogP contribution in [0.1, 0.15) is 13.8 Å². The molecule has 0 aromatic carbocycles. The van der Waals surface area contributed by atoms with Gasteiger partial charge in [-0.25, -0.2) is 0 Å². The maximum absolute atomic E-state index is 5.76. The quantitative estimate of drug-likeness (QED) is 0.667. The lowest BCUT2D eigenvalue weighted by Gasteiger charge is -2.43. The van der Waals surface area contributed by atoms with E-state index in [1.54, 1.807) is 0 Å². The first-order valence-corrected chi connectivity index (χ1v) is 5.38. The van der Waals surface area contributed by atoms with Crippen molar-refractivity contribution in [3.05, 3.63) is 12.7 Å². The smallest absolute Gasteiger partial charge is 0.0276 e. The largest absolute Gasteiger partial charge is 0.329 e. The van der Waals surface area contributed by atoms with Crippen LogP contribution in [0, 0.1) is 0 Å². The van der Waals surface area contributed by atoms with Gasteiger partial charge in [0.15, 0.2) is 0 Å². The van der Waals surface area contributed by atoms with Gasteiger partial charge in [0.05, 0.1) is 0 Å². The number of hydrogen-bond donors (Lipinski definition) is 1. The van der Waals surface area contributed by atoms with E-state index < -0.39 is 0 Å². The molecule has 0 radical (unpaired) electrons. The van der Waals surface area contributed by atoms with Crippen LogP contribution in [0.5, 0.6) is 0 Å². The highest BCUT2D eigenvalue weighted by Gasteiger charge is 2.27. The van der Waals surface area contributed by atoms with Crippen molar-refractivity contribution in [3.8, 4) is 0 Å². The first-order valence-electron chi connectivity index (χ1n) is 5.38. The van der Waals surface area contributed by atoms with Crippen LogP contribution in [0.15, 0.2) is 12.7 Å². The van der Waals surface area contributed by atoms with Gasteiger partial charge in [-0.05, 0) is 13.8 Å². The molecule has 14 heavy (non-hydrogen) atoms. The molecule has 0 amide bonds. The van der Waals surface area contributed by atoms with Crippen LogP contribution in [-0.2, 0) is 0 Å². The maximum Gasteiger partial charge on any atom is 0.0276 e. The second-order valence-electron chi connectivity index (χ2n) is 4.59. The predicted octanol–water partition coefficient (Wildman–Crippen LogP) is 0.527. The van der Waals surface area contributed by atoms with Gasteiger partial charge in [-0.2, -0.15) is 0 Å². The van der Waals surface area contributed by atoms with E-state index >= 15 is 0 Å². The van der Waals surface area contributed by atoms with E-state index in [0.717, 1.165) is 39.3 Å². The van der Waals surface area contributed by atoms with E-state index in [1.165, 1.54) is 0 Å². The Hall–Kier alpha value is -0.380. The van der Waals surface area contributed by atoms with E-state index in [9.17, 15) is 0 Å². The molecule has 1 heterocycles. The Morgan fingerprint density at radius 1 is 1.29 bits per heavy atom. The molecule has 0 aliphatic carbocycles. The van der Waals surface area contributed by atoms with Crippen LogP contribution in [0.2, 0.25) is 0 Å². The molecule has 0 saturated carbocycles. The second kappa shape index (κ2) is 4.91. The van der Waals surface area contributed by atoms with Crippen LogP contribution < -0.4 is 5.73 Å². The van der Waals surface area contributed by atoms with Gasteiger partial charge in [-0.3, -0.25) is 9.80 Å². The molecule has 0 bridgehead atoms. The standard InChI is InChI=1S/C11H23N3/c1-4-5-13-6-8-14(9-7-13)11(2,3)10-12/h4H,1,5-10,12H2,2-3H3. The first kappa shape index (κ1) is 11.7. The molecule has 1 aliphatic rings. The molecule has 1 fully saturated rings. The molecule has 3 nitrogen and oxygen atoms in total. The molecule has 0 aromatic rings. The van der Waals surface area contributed by atoms with Gasteiger partial charge in [0.2, 0.25) is 0 Å². The average molecular weight is 197 g/mol. The number of hydrogen-bond acceptors (Lipinski definition) is 3. The lowest BCUT2D eigenvalue weighted by molar-refractivity contribution is 0.0617. The summed E-state index contributed by atoms with van der Waals surface area (Å²) in [5.74, 6) is 0. The summed E-state index contributed by atoms with van der Waals surface area (Å²) in [4.78, 5) is 4.91. The van der Waals surface area contributed by atoms with Crippen molar-refractivity contribution >= 4 is 0 Å². The van der Waals surface area contributed by atoms with Crippen molar-refractivity contribution < 1.29 is 0 Å². The van der Waals surface area contributed by atoms with Gasteiger partial charge in [0, 0.05) is 44.8 Å². The Morgan fingerprint density at radius 2 is 1.86 bits per heavy atom. The second-order valence-corrected chi connectivity index (χ2v) is 4.59. The van der Waals surface area contributed by atoms with Crippen molar-refractivity contribution in [2.75, 3.05) is 39.3 Å². The van der Waals surface area contributed by atoms with E-state index in [-0.39, 0.29) is 5.54 Å². The summed E-state index contributed by atoms with van der Waals surface area (Å²) >= 11 is 0. The highest BCUT2D eigenvalue weighted by molar-refractivity contribution is 4.87. The first-order chi connectivity index (χ1) is 6.60. The molecular weight excluding hydrogens is 174 g/mol. The van der Waals surface area contributed by atoms with Crippen LogP contribution in [-0.4, -0.2) is 54.6 Å². The Balaban J connectivity index is 2.38. The summed E-state index contributed by atoms with van der Waals surface area (Å²) in [5.41, 5.74) is 5.91. The Labute approximate surface area is 87.6 Å². The molecule has 82 valence electrons. The Kier molecular flexibility index (Phi) is 4.11. The summed E-state index contributed by atoms with van der Waals surface area (Å²) in [6.45, 7) is 14.5. The predicted molar refractivity (Wildman–Crippen MR) is 61.3 cm³/mol. The number of rotatable bonds is 4. The fourth-order valence-corrected chi connectivity index (χ4v) is 1.85. The van der Waals surface area contributed by atoms with Crippen molar-refractivity contribution in [3.63, 3.8) is 0 Å². The van der Waals surface area contributed by atoms with Crippen LogP contribution in [0.4, 0.5) is 0 Å². The van der Waals surface area contributed by atoms with Gasteiger partial charge >= 0.3 is 0 Å². The minimum absolute atomic E-state index is 0.153. The van der Waals surface area contributed by atoms with Crippen molar-refractivity contribution in [2.45, 2.75) is 19.4 Å². The molecule has 0 spiro atoms. The highest BCUT2D eigenvalue weighted by Crippen LogP contribution is 2.15. The van der Waals surface area contributed by atoms with Crippen LogP contribution in [0.25, 0.3) is 0 Å². The molecular formula is C11H23N3. The minimum Gasteiger partial charge on any atom is -0.329 e. The van der Waals surface area contributed by atoms with E-state index in [2.05, 4.69) is 30.2 Å². The monoisotopic (exact) mass is 197 g/mol. The normalized spacial score (nSPS) is 21.1. The van der Waals surface area contributed by atoms with Crippen molar-refractivity contribution in [1.82, 2.24) is 9.80 Å². The van der Waals surface area contributed by atoms with Gasteiger partial charge < -0.3 is 5.73 Å². The molecule has 3 heteroatoms. The topological polar surface area (TPSA) is 32.5 Å². The lowest BCUT2D eigenvalue weighted by atomic mass is 10.0. The van der Waals surface area contributed by atoms with Crippen LogP contribution in [0.3, 0.4) is 0 Å².